The first-order chi connectivity index (χ1) is 13.4. The zero-order valence-electron chi connectivity index (χ0n) is 16.0. The van der Waals surface area contributed by atoms with Crippen LogP contribution >= 0.6 is 0 Å². The lowest BCUT2D eigenvalue weighted by atomic mass is 10.0. The van der Waals surface area contributed by atoms with Crippen molar-refractivity contribution in [3.8, 4) is 0 Å². The normalized spacial score (nSPS) is 25.4. The summed E-state index contributed by atoms with van der Waals surface area (Å²) >= 11 is 0. The van der Waals surface area contributed by atoms with Crippen molar-refractivity contribution in [2.75, 3.05) is 20.3 Å². The minimum absolute atomic E-state index is 0.111. The zero-order chi connectivity index (χ0) is 19.9. The van der Waals surface area contributed by atoms with E-state index in [-0.39, 0.29) is 24.8 Å². The Balaban J connectivity index is 1.54. The minimum atomic E-state index is -0.748. The predicted molar refractivity (Wildman–Crippen MR) is 98.1 cm³/mol. The summed E-state index contributed by atoms with van der Waals surface area (Å²) in [5.41, 5.74) is 1.68. The van der Waals surface area contributed by atoms with Crippen LogP contribution in [-0.4, -0.2) is 61.1 Å². The molecule has 0 radical (unpaired) electrons. The highest BCUT2D eigenvalue weighted by Gasteiger charge is 2.57. The quantitative estimate of drug-likeness (QED) is 0.442. The van der Waals surface area contributed by atoms with Crippen LogP contribution in [0.15, 0.2) is 46.6 Å². The molecular formula is C20H22N2O6. The van der Waals surface area contributed by atoms with Crippen LogP contribution in [0.25, 0.3) is 0 Å². The number of likely N-dealkylation sites (tertiary alicyclic amines) is 1. The maximum Gasteiger partial charge on any atom is 0.355 e. The molecule has 8 nitrogen and oxygen atoms in total. The van der Waals surface area contributed by atoms with E-state index in [2.05, 4.69) is 4.99 Å². The first kappa shape index (κ1) is 18.6. The summed E-state index contributed by atoms with van der Waals surface area (Å²) in [5, 5.41) is 0. The van der Waals surface area contributed by atoms with E-state index < -0.39 is 24.0 Å². The molecule has 3 aliphatic rings. The number of nitrogens with zero attached hydrogens (tertiary/aromatic N) is 2. The van der Waals surface area contributed by atoms with E-state index in [1.807, 2.05) is 30.3 Å². The van der Waals surface area contributed by atoms with Gasteiger partial charge in [0, 0.05) is 12.0 Å². The van der Waals surface area contributed by atoms with Gasteiger partial charge in [-0.25, -0.2) is 9.79 Å². The second kappa shape index (κ2) is 7.03. The lowest BCUT2D eigenvalue weighted by Crippen LogP contribution is -2.63. The SMILES string of the molecule is COC(=O)C(=C1COC(C)(C)OC1)N1C(=O)[C@@H]2N=C(Cc3ccccc3)O[C@@H]21. The number of hydrogen-bond acceptors (Lipinski definition) is 7. The number of methoxy groups -OCH3 is 1. The van der Waals surface area contributed by atoms with Crippen LogP contribution in [0.2, 0.25) is 0 Å². The largest absolute Gasteiger partial charge is 0.464 e. The number of aliphatic imine (C=N–C) groups is 1. The van der Waals surface area contributed by atoms with Crippen molar-refractivity contribution in [1.82, 2.24) is 4.90 Å². The molecule has 0 aliphatic carbocycles. The number of esters is 1. The summed E-state index contributed by atoms with van der Waals surface area (Å²) in [6, 6.07) is 9.08. The Hall–Kier alpha value is -2.71. The van der Waals surface area contributed by atoms with Crippen molar-refractivity contribution in [3.05, 3.63) is 47.2 Å². The molecule has 0 spiro atoms. The minimum Gasteiger partial charge on any atom is -0.464 e. The number of rotatable bonds is 4. The molecule has 3 heterocycles. The average molecular weight is 386 g/mol. The van der Waals surface area contributed by atoms with Crippen LogP contribution in [0.5, 0.6) is 0 Å². The Bertz CT molecular complexity index is 849. The van der Waals surface area contributed by atoms with Gasteiger partial charge in [0.1, 0.15) is 5.70 Å². The van der Waals surface area contributed by atoms with Crippen molar-refractivity contribution in [2.24, 2.45) is 4.99 Å². The third-order valence-corrected chi connectivity index (χ3v) is 4.90. The van der Waals surface area contributed by atoms with Gasteiger partial charge in [-0.3, -0.25) is 9.69 Å². The number of carbonyl (C=O) groups excluding carboxylic acids is 2. The smallest absolute Gasteiger partial charge is 0.355 e. The summed E-state index contributed by atoms with van der Waals surface area (Å²) in [6.45, 7) is 3.90. The summed E-state index contributed by atoms with van der Waals surface area (Å²) < 4.78 is 22.0. The molecule has 0 aromatic heterocycles. The number of hydrogen-bond donors (Lipinski definition) is 0. The van der Waals surface area contributed by atoms with Crippen LogP contribution in [0, 0.1) is 0 Å². The Morgan fingerprint density at radius 3 is 2.57 bits per heavy atom. The molecule has 148 valence electrons. The van der Waals surface area contributed by atoms with Crippen LogP contribution in [0.1, 0.15) is 19.4 Å². The van der Waals surface area contributed by atoms with Crippen LogP contribution in [0.4, 0.5) is 0 Å². The molecule has 2 fully saturated rings. The molecule has 0 unspecified atom stereocenters. The fraction of sp³-hybridized carbons (Fsp3) is 0.450. The van der Waals surface area contributed by atoms with E-state index in [1.165, 1.54) is 12.0 Å². The van der Waals surface area contributed by atoms with Crippen molar-refractivity contribution in [1.29, 1.82) is 0 Å². The Morgan fingerprint density at radius 2 is 1.93 bits per heavy atom. The fourth-order valence-corrected chi connectivity index (χ4v) is 3.36. The lowest BCUT2D eigenvalue weighted by Gasteiger charge is -2.42. The number of fused-ring (bicyclic) bond motifs is 1. The van der Waals surface area contributed by atoms with Gasteiger partial charge in [0.25, 0.3) is 5.91 Å². The van der Waals surface area contributed by atoms with E-state index in [1.54, 1.807) is 13.8 Å². The van der Waals surface area contributed by atoms with Crippen molar-refractivity contribution < 1.29 is 28.5 Å². The third-order valence-electron chi connectivity index (χ3n) is 4.90. The molecule has 28 heavy (non-hydrogen) atoms. The van der Waals surface area contributed by atoms with Gasteiger partial charge in [-0.2, -0.15) is 0 Å². The monoisotopic (exact) mass is 386 g/mol. The van der Waals surface area contributed by atoms with Gasteiger partial charge < -0.3 is 18.9 Å². The average Bonchev–Trinajstić information content (AvgIpc) is 3.05. The van der Waals surface area contributed by atoms with Crippen molar-refractivity contribution in [2.45, 2.75) is 38.3 Å². The number of carbonyl (C=O) groups is 2. The molecule has 0 saturated carbocycles. The standard InChI is InChI=1S/C20H22N2O6/c1-20(2)26-10-13(11-27-20)16(19(24)25-3)22-17(23)15-18(22)28-14(21-15)9-12-7-5-4-6-8-12/h4-8,15,18H,9-11H2,1-3H3/t15-,18-/m0/s1. The van der Waals surface area contributed by atoms with Crippen LogP contribution in [0.3, 0.4) is 0 Å². The Kier molecular flexibility index (Phi) is 4.68. The van der Waals surface area contributed by atoms with Gasteiger partial charge in [0.05, 0.1) is 20.3 Å². The second-order valence-corrected chi connectivity index (χ2v) is 7.27. The molecule has 4 rings (SSSR count). The number of benzene rings is 1. The molecule has 1 amide bonds. The van der Waals surface area contributed by atoms with Gasteiger partial charge in [0.2, 0.25) is 6.23 Å². The molecule has 0 N–H and O–H groups in total. The van der Waals surface area contributed by atoms with Crippen LogP contribution < -0.4 is 0 Å². The highest BCUT2D eigenvalue weighted by atomic mass is 16.7. The van der Waals surface area contributed by atoms with E-state index in [0.717, 1.165) is 5.56 Å². The topological polar surface area (TPSA) is 86.7 Å². The first-order valence-corrected chi connectivity index (χ1v) is 9.08. The number of amides is 1. The second-order valence-electron chi connectivity index (χ2n) is 7.27. The summed E-state index contributed by atoms with van der Waals surface area (Å²) in [6.07, 6.45) is -0.165. The molecule has 8 heteroatoms. The van der Waals surface area contributed by atoms with Crippen molar-refractivity contribution in [3.63, 3.8) is 0 Å². The lowest BCUT2D eigenvalue weighted by molar-refractivity contribution is -0.227. The Morgan fingerprint density at radius 1 is 1.25 bits per heavy atom. The summed E-state index contributed by atoms with van der Waals surface area (Å²) in [7, 11) is 1.27. The fourth-order valence-electron chi connectivity index (χ4n) is 3.36. The Labute approximate surface area is 162 Å². The summed E-state index contributed by atoms with van der Waals surface area (Å²) in [4.78, 5) is 30.8. The number of β-lactam (4-membered cyclic amide) rings is 1. The van der Waals surface area contributed by atoms with Gasteiger partial charge in [-0.15, -0.1) is 0 Å². The predicted octanol–water partition coefficient (Wildman–Crippen LogP) is 1.40. The third kappa shape index (κ3) is 3.29. The molecule has 3 aliphatic heterocycles. The van der Waals surface area contributed by atoms with Gasteiger partial charge >= 0.3 is 5.97 Å². The molecule has 1 aromatic rings. The highest BCUT2D eigenvalue weighted by molar-refractivity contribution is 6.02. The zero-order valence-corrected chi connectivity index (χ0v) is 16.0. The van der Waals surface area contributed by atoms with E-state index in [9.17, 15) is 9.59 Å². The van der Waals surface area contributed by atoms with Gasteiger partial charge in [0.15, 0.2) is 17.7 Å². The van der Waals surface area contributed by atoms with Crippen molar-refractivity contribution >= 4 is 17.8 Å². The van der Waals surface area contributed by atoms with Gasteiger partial charge in [-0.1, -0.05) is 30.3 Å². The van der Waals surface area contributed by atoms with E-state index in [0.29, 0.717) is 17.9 Å². The first-order valence-electron chi connectivity index (χ1n) is 9.08. The van der Waals surface area contributed by atoms with E-state index in [4.69, 9.17) is 18.9 Å². The molecule has 1 aromatic carbocycles. The van der Waals surface area contributed by atoms with Crippen LogP contribution in [-0.2, 0) is 35.0 Å². The number of ether oxygens (including phenoxy) is 4. The van der Waals surface area contributed by atoms with E-state index >= 15 is 0 Å². The maximum absolute atomic E-state index is 12.7. The maximum atomic E-state index is 12.7. The molecular weight excluding hydrogens is 364 g/mol. The summed E-state index contributed by atoms with van der Waals surface area (Å²) in [5.74, 6) is -1.20. The molecule has 0 bridgehead atoms. The molecule has 2 saturated heterocycles. The molecule has 2 atom stereocenters. The highest BCUT2D eigenvalue weighted by Crippen LogP contribution is 2.36. The van der Waals surface area contributed by atoms with Gasteiger partial charge in [-0.05, 0) is 19.4 Å².